The van der Waals surface area contributed by atoms with Crippen LogP contribution in [-0.4, -0.2) is 42.9 Å². The number of hydroxylamine groups is 3. The van der Waals surface area contributed by atoms with E-state index in [0.717, 1.165) is 19.3 Å². The van der Waals surface area contributed by atoms with Gasteiger partial charge in [-0.25, -0.2) is 0 Å². The predicted molar refractivity (Wildman–Crippen MR) is 93.5 cm³/mol. The lowest BCUT2D eigenvalue weighted by molar-refractivity contribution is -0.840. The van der Waals surface area contributed by atoms with E-state index in [1.165, 1.54) is 44.9 Å². The highest BCUT2D eigenvalue weighted by Crippen LogP contribution is 2.10. The second-order valence-electron chi connectivity index (χ2n) is 6.41. The molecule has 0 atom stereocenters. The van der Waals surface area contributed by atoms with E-state index in [9.17, 15) is 10.0 Å². The maximum absolute atomic E-state index is 10.7. The lowest BCUT2D eigenvalue weighted by Crippen LogP contribution is -2.34. The van der Waals surface area contributed by atoms with Crippen LogP contribution in [0.1, 0.15) is 77.6 Å². The molecule has 0 rings (SSSR count). The van der Waals surface area contributed by atoms with Gasteiger partial charge in [0.25, 0.3) is 0 Å². The number of rotatable bonds is 13. The van der Waals surface area contributed by atoms with E-state index >= 15 is 0 Å². The zero-order valence-electron chi connectivity index (χ0n) is 15.0. The molecule has 0 aliphatic carbocycles. The topological polar surface area (TPSA) is 86.4 Å². The van der Waals surface area contributed by atoms with Crippen molar-refractivity contribution in [1.82, 2.24) is 0 Å². The fraction of sp³-hybridized carbons (Fsp3) is 0.941. The van der Waals surface area contributed by atoms with Gasteiger partial charge in [-0.1, -0.05) is 58.3 Å². The standard InChI is InChI=1S/C12H24O2.C5H14N2O/c1-2-3-4-5-6-7-8-9-10-11-12(13)14;1-7(2,8)5-3-4-6/h2-11H2,1H3,(H,13,14);3-6H2,1-2H3. The van der Waals surface area contributed by atoms with Crippen molar-refractivity contribution in [3.05, 3.63) is 5.21 Å². The highest BCUT2D eigenvalue weighted by Gasteiger charge is 1.97. The van der Waals surface area contributed by atoms with Crippen molar-refractivity contribution < 1.29 is 14.5 Å². The number of carboxylic acid groups (broad SMARTS) is 1. The summed E-state index contributed by atoms with van der Waals surface area (Å²) < 4.78 is -0.225. The van der Waals surface area contributed by atoms with Crippen molar-refractivity contribution in [3.63, 3.8) is 0 Å². The zero-order valence-corrected chi connectivity index (χ0v) is 15.0. The van der Waals surface area contributed by atoms with Crippen LogP contribution in [0.2, 0.25) is 0 Å². The maximum atomic E-state index is 10.7. The van der Waals surface area contributed by atoms with Crippen molar-refractivity contribution in [1.29, 1.82) is 0 Å². The molecular formula is C17H38N2O3. The highest BCUT2D eigenvalue weighted by molar-refractivity contribution is 5.66. The van der Waals surface area contributed by atoms with Crippen molar-refractivity contribution in [2.24, 2.45) is 5.73 Å². The molecule has 0 aliphatic heterocycles. The van der Waals surface area contributed by atoms with Crippen LogP contribution in [-0.2, 0) is 4.79 Å². The summed E-state index contributed by atoms with van der Waals surface area (Å²) in [6, 6.07) is 0. The molecule has 0 bridgehead atoms. The summed E-state index contributed by atoms with van der Waals surface area (Å²) in [7, 11) is 3.24. The smallest absolute Gasteiger partial charge is 0.303 e. The Labute approximate surface area is 137 Å². The molecule has 0 fully saturated rings. The number of quaternary nitrogens is 1. The lowest BCUT2D eigenvalue weighted by atomic mass is 10.1. The monoisotopic (exact) mass is 318 g/mol. The quantitative estimate of drug-likeness (QED) is 0.306. The molecule has 0 unspecified atom stereocenters. The number of hydrogen-bond donors (Lipinski definition) is 2. The molecule has 3 N–H and O–H groups in total. The normalized spacial score (nSPS) is 11.0. The molecule has 0 aromatic carbocycles. The Hall–Kier alpha value is -0.650. The second-order valence-corrected chi connectivity index (χ2v) is 6.41. The minimum atomic E-state index is -0.659. The number of nitrogens with two attached hydrogens (primary N) is 1. The van der Waals surface area contributed by atoms with E-state index in [1.807, 2.05) is 0 Å². The van der Waals surface area contributed by atoms with Gasteiger partial charge in [0.2, 0.25) is 0 Å². The summed E-state index contributed by atoms with van der Waals surface area (Å²) in [5.74, 6) is -0.659. The Balaban J connectivity index is 0. The number of hydrogen-bond acceptors (Lipinski definition) is 3. The van der Waals surface area contributed by atoms with Crippen molar-refractivity contribution >= 4 is 5.97 Å². The van der Waals surface area contributed by atoms with Crippen LogP contribution in [0.3, 0.4) is 0 Å². The third kappa shape index (κ3) is 27.7. The van der Waals surface area contributed by atoms with Crippen molar-refractivity contribution in [2.75, 3.05) is 27.2 Å². The van der Waals surface area contributed by atoms with Gasteiger partial charge in [-0.3, -0.25) is 4.79 Å². The average Bonchev–Trinajstić information content (AvgIpc) is 2.43. The van der Waals surface area contributed by atoms with E-state index in [-0.39, 0.29) is 4.65 Å². The minimum absolute atomic E-state index is 0.225. The molecule has 0 radical (unpaired) electrons. The first-order chi connectivity index (χ1) is 10.3. The molecular weight excluding hydrogens is 280 g/mol. The van der Waals surface area contributed by atoms with Crippen LogP contribution < -0.4 is 5.73 Å². The fourth-order valence-electron chi connectivity index (χ4n) is 2.06. The Bertz CT molecular complexity index is 241. The third-order valence-corrected chi connectivity index (χ3v) is 3.39. The van der Waals surface area contributed by atoms with Gasteiger partial charge in [0, 0.05) is 12.8 Å². The van der Waals surface area contributed by atoms with Gasteiger partial charge in [-0.05, 0) is 13.0 Å². The number of nitrogens with zero attached hydrogens (tertiary/aromatic N) is 1. The van der Waals surface area contributed by atoms with E-state index in [2.05, 4.69) is 6.92 Å². The molecule has 22 heavy (non-hydrogen) atoms. The Morgan fingerprint density at radius 1 is 0.955 bits per heavy atom. The third-order valence-electron chi connectivity index (χ3n) is 3.39. The van der Waals surface area contributed by atoms with Gasteiger partial charge in [-0.15, -0.1) is 0 Å². The van der Waals surface area contributed by atoms with Gasteiger partial charge in [0.05, 0.1) is 20.6 Å². The molecule has 0 heterocycles. The van der Waals surface area contributed by atoms with Crippen molar-refractivity contribution in [3.8, 4) is 0 Å². The molecule has 0 aliphatic rings. The molecule has 0 aromatic heterocycles. The molecule has 0 spiro atoms. The molecule has 5 heteroatoms. The average molecular weight is 319 g/mol. The van der Waals surface area contributed by atoms with Crippen LogP contribution in [0.25, 0.3) is 0 Å². The lowest BCUT2D eigenvalue weighted by Gasteiger charge is -2.33. The minimum Gasteiger partial charge on any atom is -0.633 e. The highest BCUT2D eigenvalue weighted by atomic mass is 16.5. The molecule has 5 nitrogen and oxygen atoms in total. The second kappa shape index (κ2) is 16.7. The van der Waals surface area contributed by atoms with E-state index in [0.29, 0.717) is 19.5 Å². The predicted octanol–water partition coefficient (Wildman–Crippen LogP) is 3.90. The largest absolute Gasteiger partial charge is 0.633 e. The van der Waals surface area contributed by atoms with Gasteiger partial charge in [-0.2, -0.15) is 0 Å². The molecule has 0 saturated heterocycles. The first-order valence-electron chi connectivity index (χ1n) is 8.79. The summed E-state index contributed by atoms with van der Waals surface area (Å²) in [4.78, 5) is 10.2. The Kier molecular flexibility index (Phi) is 17.9. The zero-order chi connectivity index (χ0) is 17.3. The van der Waals surface area contributed by atoms with Gasteiger partial charge < -0.3 is 20.7 Å². The van der Waals surface area contributed by atoms with Gasteiger partial charge in [0.1, 0.15) is 0 Å². The SMILES string of the molecule is CCCCCCCCCCCC(=O)O.C[N+](C)([O-])CCCN. The van der Waals surface area contributed by atoms with Crippen LogP contribution >= 0.6 is 0 Å². The first-order valence-corrected chi connectivity index (χ1v) is 8.79. The molecule has 0 amide bonds. The summed E-state index contributed by atoms with van der Waals surface area (Å²) in [5.41, 5.74) is 5.19. The Morgan fingerprint density at radius 3 is 1.73 bits per heavy atom. The summed E-state index contributed by atoms with van der Waals surface area (Å²) in [6.07, 6.45) is 12.3. The fourth-order valence-corrected chi connectivity index (χ4v) is 2.06. The van der Waals surface area contributed by atoms with Crippen LogP contribution in [0, 0.1) is 5.21 Å². The van der Waals surface area contributed by atoms with E-state index in [4.69, 9.17) is 10.8 Å². The first kappa shape index (κ1) is 23.6. The number of aliphatic carboxylic acids is 1. The summed E-state index contributed by atoms with van der Waals surface area (Å²) in [5, 5.41) is 19.2. The molecule has 0 aromatic rings. The van der Waals surface area contributed by atoms with Crippen LogP contribution in [0.5, 0.6) is 0 Å². The summed E-state index contributed by atoms with van der Waals surface area (Å²) >= 11 is 0. The Morgan fingerprint density at radius 2 is 1.41 bits per heavy atom. The van der Waals surface area contributed by atoms with Gasteiger partial charge >= 0.3 is 5.97 Å². The van der Waals surface area contributed by atoms with Crippen LogP contribution in [0.4, 0.5) is 0 Å². The number of carboxylic acids is 1. The van der Waals surface area contributed by atoms with Gasteiger partial charge in [0.15, 0.2) is 0 Å². The maximum Gasteiger partial charge on any atom is 0.303 e. The van der Waals surface area contributed by atoms with E-state index in [1.54, 1.807) is 14.1 Å². The van der Waals surface area contributed by atoms with E-state index < -0.39 is 5.97 Å². The number of unbranched alkanes of at least 4 members (excludes halogenated alkanes) is 8. The van der Waals surface area contributed by atoms with Crippen LogP contribution in [0.15, 0.2) is 0 Å². The molecule has 0 saturated carbocycles. The summed E-state index contributed by atoms with van der Waals surface area (Å²) in [6.45, 7) is 3.46. The van der Waals surface area contributed by atoms with Crippen molar-refractivity contribution in [2.45, 2.75) is 77.6 Å². The number of carbonyl (C=O) groups is 1. The molecule has 134 valence electrons.